The van der Waals surface area contributed by atoms with Crippen molar-refractivity contribution in [2.75, 3.05) is 6.61 Å². The number of fused-ring (bicyclic) bond motifs is 1. The fourth-order valence-electron chi connectivity index (χ4n) is 4.41. The van der Waals surface area contributed by atoms with E-state index < -0.39 is 74.6 Å². The Bertz CT molecular complexity index is 1410. The number of ether oxygens (including phenoxy) is 2. The van der Waals surface area contributed by atoms with Gasteiger partial charge in [0.25, 0.3) is 0 Å². The van der Waals surface area contributed by atoms with E-state index >= 15 is 0 Å². The van der Waals surface area contributed by atoms with E-state index in [4.69, 9.17) is 18.5 Å². The monoisotopic (exact) mass is 588 g/mol. The van der Waals surface area contributed by atoms with Gasteiger partial charge in [-0.15, -0.1) is 6.58 Å². The zero-order chi connectivity index (χ0) is 29.9. The van der Waals surface area contributed by atoms with Gasteiger partial charge in [-0.25, -0.2) is 4.57 Å². The number of carbonyl (C=O) groups excluding carboxylic acids is 3. The predicted molar refractivity (Wildman–Crippen MR) is 147 cm³/mol. The molecule has 2 aliphatic heterocycles. The lowest BCUT2D eigenvalue weighted by Gasteiger charge is -2.32. The van der Waals surface area contributed by atoms with Crippen LogP contribution in [0.2, 0.25) is 0 Å². The van der Waals surface area contributed by atoms with Crippen LogP contribution in [0, 0.1) is 0 Å². The third-order valence-corrected chi connectivity index (χ3v) is 8.20. The van der Waals surface area contributed by atoms with Crippen LogP contribution in [-0.4, -0.2) is 75.6 Å². The van der Waals surface area contributed by atoms with E-state index in [2.05, 4.69) is 11.7 Å². The fourth-order valence-corrected chi connectivity index (χ4v) is 5.94. The summed E-state index contributed by atoms with van der Waals surface area (Å²) in [5.74, 6) is -1.60. The van der Waals surface area contributed by atoms with Gasteiger partial charge >= 0.3 is 13.7 Å². The maximum atomic E-state index is 14.1. The fraction of sp³-hybridized carbons (Fsp3) is 0.393. The molecule has 2 aromatic rings. The molecule has 0 radical (unpaired) electrons. The quantitative estimate of drug-likeness (QED) is 0.153. The molecule has 2 heterocycles. The number of allylic oxidation sites excluding steroid dienone is 1. The van der Waals surface area contributed by atoms with Gasteiger partial charge in [-0.3, -0.25) is 23.8 Å². The Morgan fingerprint density at radius 2 is 1.93 bits per heavy atom. The summed E-state index contributed by atoms with van der Waals surface area (Å²) in [4.78, 5) is 37.5. The number of esters is 1. The molecule has 0 spiro atoms. The van der Waals surface area contributed by atoms with E-state index in [9.17, 15) is 29.2 Å². The molecule has 13 heteroatoms. The molecular formula is C28H33N2O10P. The molecule has 0 aliphatic carbocycles. The topological polar surface area (TPSA) is 161 Å². The number of amides is 1. The van der Waals surface area contributed by atoms with Gasteiger partial charge in [0.05, 0.1) is 19.1 Å². The Morgan fingerprint density at radius 1 is 1.22 bits per heavy atom. The molecule has 4 rings (SSSR count). The Hall–Kier alpha value is -3.38. The van der Waals surface area contributed by atoms with Crippen molar-refractivity contribution in [1.29, 1.82) is 0 Å². The van der Waals surface area contributed by atoms with Crippen molar-refractivity contribution in [1.82, 2.24) is 9.99 Å². The molecule has 1 unspecified atom stereocenters. The molecule has 6 atom stereocenters. The van der Waals surface area contributed by atoms with E-state index in [0.29, 0.717) is 0 Å². The Morgan fingerprint density at radius 3 is 2.59 bits per heavy atom. The Kier molecular flexibility index (Phi) is 9.13. The molecule has 1 amide bonds. The van der Waals surface area contributed by atoms with Crippen molar-refractivity contribution < 1.29 is 47.7 Å². The number of aliphatic hydroxyl groups is 2. The molecule has 220 valence electrons. The number of hydrogen-bond acceptors (Lipinski definition) is 10. The standard InChI is InChI=1S/C28H33N2O10P/c1-5-28(25(34)24(33)26(39-28)30-13-12-21(31)15-23(30)32)16-37-41(36,29-18(4)27(35)38-17(2)3)40-22-11-10-19-8-6-7-9-20(19)14-22/h5-14,17-18,24-26,33-34H,1,15-16H2,2-4H3,(H,29,36)/t18-,24+,25-,26+,28+,41?/m0/s1. The van der Waals surface area contributed by atoms with Crippen molar-refractivity contribution in [2.45, 2.75) is 63.4 Å². The maximum Gasteiger partial charge on any atom is 0.459 e. The summed E-state index contributed by atoms with van der Waals surface area (Å²) in [6.07, 6.45) is -2.10. The summed E-state index contributed by atoms with van der Waals surface area (Å²) in [6, 6.07) is 11.3. The first-order valence-electron chi connectivity index (χ1n) is 13.0. The normalized spacial score (nSPS) is 26.7. The minimum atomic E-state index is -4.41. The summed E-state index contributed by atoms with van der Waals surface area (Å²) in [7, 11) is -4.41. The molecular weight excluding hydrogens is 555 g/mol. The van der Waals surface area contributed by atoms with E-state index in [1.807, 2.05) is 24.3 Å². The number of carbonyl (C=O) groups is 3. The van der Waals surface area contributed by atoms with Gasteiger partial charge in [0.1, 0.15) is 29.6 Å². The number of hydrogen-bond donors (Lipinski definition) is 3. The number of rotatable bonds is 11. The van der Waals surface area contributed by atoms with Gasteiger partial charge in [-0.05, 0) is 49.8 Å². The van der Waals surface area contributed by atoms with Crippen molar-refractivity contribution in [3.05, 3.63) is 67.4 Å². The average molecular weight is 589 g/mol. The van der Waals surface area contributed by atoms with Gasteiger partial charge in [0, 0.05) is 6.20 Å². The molecule has 0 saturated carbocycles. The van der Waals surface area contributed by atoms with Crippen LogP contribution in [0.4, 0.5) is 0 Å². The lowest BCUT2D eigenvalue weighted by molar-refractivity contribution is -0.153. The first kappa shape index (κ1) is 30.6. The zero-order valence-corrected chi connectivity index (χ0v) is 23.7. The van der Waals surface area contributed by atoms with Crippen LogP contribution in [0.1, 0.15) is 27.2 Å². The highest BCUT2D eigenvalue weighted by Crippen LogP contribution is 2.48. The third kappa shape index (κ3) is 6.75. The van der Waals surface area contributed by atoms with Crippen LogP contribution in [0.15, 0.2) is 67.4 Å². The third-order valence-electron chi connectivity index (χ3n) is 6.57. The number of aliphatic hydroxyl groups excluding tert-OH is 2. The molecule has 1 saturated heterocycles. The molecule has 3 N–H and O–H groups in total. The van der Waals surface area contributed by atoms with E-state index in [1.165, 1.54) is 6.92 Å². The van der Waals surface area contributed by atoms with Crippen LogP contribution < -0.4 is 9.61 Å². The van der Waals surface area contributed by atoms with Crippen LogP contribution in [0.3, 0.4) is 0 Å². The summed E-state index contributed by atoms with van der Waals surface area (Å²) < 4.78 is 36.7. The Balaban J connectivity index is 1.59. The van der Waals surface area contributed by atoms with E-state index in [1.54, 1.807) is 32.0 Å². The molecule has 41 heavy (non-hydrogen) atoms. The molecule has 2 aliphatic rings. The number of nitrogens with one attached hydrogen (secondary N) is 1. The Labute approximate surface area is 237 Å². The minimum absolute atomic E-state index is 0.163. The lowest BCUT2D eigenvalue weighted by Crippen LogP contribution is -2.46. The van der Waals surface area contributed by atoms with Gasteiger partial charge in [0.2, 0.25) is 5.91 Å². The van der Waals surface area contributed by atoms with E-state index in [-0.39, 0.29) is 5.75 Å². The van der Waals surface area contributed by atoms with Crippen molar-refractivity contribution >= 4 is 36.2 Å². The zero-order valence-electron chi connectivity index (χ0n) is 22.8. The van der Waals surface area contributed by atoms with E-state index in [0.717, 1.165) is 34.0 Å². The summed E-state index contributed by atoms with van der Waals surface area (Å²) >= 11 is 0. The highest BCUT2D eigenvalue weighted by Gasteiger charge is 2.56. The number of nitrogens with zero attached hydrogens (tertiary/aromatic N) is 1. The largest absolute Gasteiger partial charge is 0.462 e. The second-order valence-electron chi connectivity index (χ2n) is 10.1. The van der Waals surface area contributed by atoms with Gasteiger partial charge in [-0.2, -0.15) is 5.09 Å². The van der Waals surface area contributed by atoms with Crippen molar-refractivity contribution in [2.24, 2.45) is 0 Å². The second kappa shape index (κ2) is 12.2. The maximum absolute atomic E-state index is 14.1. The van der Waals surface area contributed by atoms with Gasteiger partial charge in [-0.1, -0.05) is 36.4 Å². The van der Waals surface area contributed by atoms with Crippen LogP contribution in [-0.2, 0) is 32.9 Å². The number of benzene rings is 2. The highest BCUT2D eigenvalue weighted by molar-refractivity contribution is 7.52. The van der Waals surface area contributed by atoms with Crippen molar-refractivity contribution in [3.8, 4) is 5.75 Å². The van der Waals surface area contributed by atoms with Crippen molar-refractivity contribution in [3.63, 3.8) is 0 Å². The predicted octanol–water partition coefficient (Wildman–Crippen LogP) is 2.59. The molecule has 0 aromatic heterocycles. The number of ketones is 1. The first-order chi connectivity index (χ1) is 19.4. The minimum Gasteiger partial charge on any atom is -0.462 e. The SMILES string of the molecule is C=C[C@]1(COP(=O)(N[C@@H](C)C(=O)OC(C)C)Oc2ccc3ccccc3c2)O[C@@H](N2C=CC(=O)CC2=O)[C@H](O)[C@@H]1O. The summed E-state index contributed by atoms with van der Waals surface area (Å²) in [6.45, 7) is 7.76. The second-order valence-corrected chi connectivity index (χ2v) is 11.8. The molecule has 1 fully saturated rings. The van der Waals surface area contributed by atoms with Gasteiger partial charge < -0.3 is 24.2 Å². The first-order valence-corrected chi connectivity index (χ1v) is 14.5. The summed E-state index contributed by atoms with van der Waals surface area (Å²) in [5.41, 5.74) is -1.86. The molecule has 2 aromatic carbocycles. The van der Waals surface area contributed by atoms with Crippen LogP contribution in [0.25, 0.3) is 10.8 Å². The summed E-state index contributed by atoms with van der Waals surface area (Å²) in [5, 5.41) is 26.0. The smallest absolute Gasteiger partial charge is 0.459 e. The average Bonchev–Trinajstić information content (AvgIpc) is 3.17. The highest BCUT2D eigenvalue weighted by atomic mass is 31.2. The van der Waals surface area contributed by atoms with Gasteiger partial charge in [0.15, 0.2) is 12.0 Å². The van der Waals surface area contributed by atoms with Crippen LogP contribution >= 0.6 is 7.75 Å². The molecule has 12 nitrogen and oxygen atoms in total. The molecule has 0 bridgehead atoms. The lowest BCUT2D eigenvalue weighted by atomic mass is 9.96. The van der Waals surface area contributed by atoms with Crippen LogP contribution in [0.5, 0.6) is 5.75 Å².